The molecule has 1 aliphatic carbocycles. The number of nitrogens with zero attached hydrogens (tertiary/aromatic N) is 2. The summed E-state index contributed by atoms with van der Waals surface area (Å²) in [5, 5.41) is 3.97. The summed E-state index contributed by atoms with van der Waals surface area (Å²) in [5.41, 5.74) is 2.51. The van der Waals surface area contributed by atoms with Crippen molar-refractivity contribution in [3.05, 3.63) is 129 Å². The molecule has 0 unspecified atom stereocenters. The molecule has 0 bridgehead atoms. The lowest BCUT2D eigenvalue weighted by molar-refractivity contribution is -0.140. The highest BCUT2D eigenvalue weighted by Gasteiger charge is 2.36. The standard InChI is InChI=1S/C36H36Cl3N3O4S/c1-25-15-18-29(19-16-25)47(45,46)42(33-14-8-7-13-31(33)38)24-35(43)41(23-27-17-20-30(37)32(39)21-27)34(22-26-9-3-2-4-10-26)36(44)40-28-11-5-6-12-28/h2-4,7-10,13-21,28,34H,5-6,11-12,22-24H2,1H3,(H,40,44)/t34-/m0/s1. The summed E-state index contributed by atoms with van der Waals surface area (Å²) in [4.78, 5) is 30.2. The van der Waals surface area contributed by atoms with Crippen LogP contribution in [0.25, 0.3) is 0 Å². The molecule has 11 heteroatoms. The van der Waals surface area contributed by atoms with E-state index in [0.717, 1.165) is 41.1 Å². The average Bonchev–Trinajstić information content (AvgIpc) is 3.57. The molecule has 2 amide bonds. The Kier molecular flexibility index (Phi) is 11.5. The van der Waals surface area contributed by atoms with Crippen molar-refractivity contribution in [2.75, 3.05) is 10.8 Å². The summed E-state index contributed by atoms with van der Waals surface area (Å²) in [6.45, 7) is 1.23. The second kappa shape index (κ2) is 15.6. The predicted molar refractivity (Wildman–Crippen MR) is 189 cm³/mol. The first-order chi connectivity index (χ1) is 22.5. The minimum atomic E-state index is -4.27. The molecule has 5 rings (SSSR count). The van der Waals surface area contributed by atoms with Crippen LogP contribution >= 0.6 is 34.8 Å². The Labute approximate surface area is 291 Å². The number of aryl methyl sites for hydroxylation is 1. The SMILES string of the molecule is Cc1ccc(S(=O)(=O)N(CC(=O)N(Cc2ccc(Cl)c(Cl)c2)[C@@H](Cc2ccccc2)C(=O)NC2CCCC2)c2ccccc2Cl)cc1. The Bertz CT molecular complexity index is 1820. The van der Waals surface area contributed by atoms with Crippen molar-refractivity contribution in [1.29, 1.82) is 0 Å². The summed E-state index contributed by atoms with van der Waals surface area (Å²) in [6, 6.07) is 26.3. The van der Waals surface area contributed by atoms with E-state index in [1.54, 1.807) is 54.6 Å². The largest absolute Gasteiger partial charge is 0.352 e. The summed E-state index contributed by atoms with van der Waals surface area (Å²) < 4.78 is 29.4. The zero-order chi connectivity index (χ0) is 33.6. The molecule has 0 aromatic heterocycles. The van der Waals surface area contributed by atoms with Crippen molar-refractivity contribution in [1.82, 2.24) is 10.2 Å². The van der Waals surface area contributed by atoms with E-state index in [4.69, 9.17) is 34.8 Å². The lowest BCUT2D eigenvalue weighted by atomic mass is 10.0. The van der Waals surface area contributed by atoms with E-state index in [-0.39, 0.29) is 40.5 Å². The molecule has 0 radical (unpaired) electrons. The van der Waals surface area contributed by atoms with Gasteiger partial charge in [0.1, 0.15) is 12.6 Å². The van der Waals surface area contributed by atoms with E-state index in [1.807, 2.05) is 37.3 Å². The molecule has 7 nitrogen and oxygen atoms in total. The summed E-state index contributed by atoms with van der Waals surface area (Å²) in [5.74, 6) is -0.894. The quantitative estimate of drug-likeness (QED) is 0.162. The maximum absolute atomic E-state index is 14.6. The van der Waals surface area contributed by atoms with Crippen LogP contribution in [0, 0.1) is 6.92 Å². The van der Waals surface area contributed by atoms with E-state index in [1.165, 1.54) is 17.0 Å². The van der Waals surface area contributed by atoms with Gasteiger partial charge >= 0.3 is 0 Å². The zero-order valence-electron chi connectivity index (χ0n) is 25.9. The molecular formula is C36H36Cl3N3O4S. The summed E-state index contributed by atoms with van der Waals surface area (Å²) in [7, 11) is -4.27. The van der Waals surface area contributed by atoms with Crippen LogP contribution in [0.5, 0.6) is 0 Å². The molecule has 246 valence electrons. The Balaban J connectivity index is 1.58. The first kappa shape index (κ1) is 34.8. The van der Waals surface area contributed by atoms with Gasteiger partial charge in [0.15, 0.2) is 0 Å². The van der Waals surface area contributed by atoms with Gasteiger partial charge < -0.3 is 10.2 Å². The molecule has 0 heterocycles. The average molecular weight is 713 g/mol. The molecule has 1 N–H and O–H groups in total. The van der Waals surface area contributed by atoms with E-state index in [2.05, 4.69) is 5.32 Å². The number of hydrogen-bond acceptors (Lipinski definition) is 4. The van der Waals surface area contributed by atoms with Crippen molar-refractivity contribution >= 4 is 62.3 Å². The highest BCUT2D eigenvalue weighted by atomic mass is 35.5. The van der Waals surface area contributed by atoms with Crippen LogP contribution in [-0.4, -0.2) is 43.8 Å². The molecule has 1 saturated carbocycles. The Morgan fingerprint density at radius 3 is 2.13 bits per heavy atom. The number of carbonyl (C=O) groups is 2. The smallest absolute Gasteiger partial charge is 0.264 e. The molecule has 47 heavy (non-hydrogen) atoms. The van der Waals surface area contributed by atoms with Crippen LogP contribution in [0.1, 0.15) is 42.4 Å². The number of anilines is 1. The maximum Gasteiger partial charge on any atom is 0.264 e. The number of halogens is 3. The monoisotopic (exact) mass is 711 g/mol. The van der Waals surface area contributed by atoms with E-state index >= 15 is 0 Å². The van der Waals surface area contributed by atoms with Crippen molar-refractivity contribution in [2.45, 2.75) is 62.6 Å². The van der Waals surface area contributed by atoms with Crippen molar-refractivity contribution in [3.8, 4) is 0 Å². The van der Waals surface area contributed by atoms with Crippen molar-refractivity contribution in [3.63, 3.8) is 0 Å². The second-order valence-corrected chi connectivity index (χ2v) is 14.8. The third-order valence-corrected chi connectivity index (χ3v) is 11.2. The first-order valence-electron chi connectivity index (χ1n) is 15.4. The Morgan fingerprint density at radius 1 is 0.809 bits per heavy atom. The first-order valence-corrected chi connectivity index (χ1v) is 18.0. The fourth-order valence-corrected chi connectivity index (χ4v) is 7.80. The van der Waals surface area contributed by atoms with Gasteiger partial charge in [-0.25, -0.2) is 8.42 Å². The molecule has 1 aliphatic rings. The van der Waals surface area contributed by atoms with Crippen molar-refractivity contribution < 1.29 is 18.0 Å². The van der Waals surface area contributed by atoms with Crippen LogP contribution < -0.4 is 9.62 Å². The molecule has 1 atom stereocenters. The number of para-hydroxylation sites is 1. The van der Waals surface area contributed by atoms with E-state index < -0.39 is 28.5 Å². The topological polar surface area (TPSA) is 86.8 Å². The van der Waals surface area contributed by atoms with Gasteiger partial charge in [-0.3, -0.25) is 13.9 Å². The normalized spacial score (nSPS) is 14.0. The van der Waals surface area contributed by atoms with E-state index in [9.17, 15) is 18.0 Å². The zero-order valence-corrected chi connectivity index (χ0v) is 29.0. The molecule has 1 fully saturated rings. The lowest BCUT2D eigenvalue weighted by Crippen LogP contribution is -2.54. The van der Waals surface area contributed by atoms with Gasteiger partial charge in [0, 0.05) is 19.0 Å². The molecule has 4 aromatic carbocycles. The maximum atomic E-state index is 14.6. The number of benzene rings is 4. The Hall–Kier alpha value is -3.56. The van der Waals surface area contributed by atoms with Gasteiger partial charge in [-0.2, -0.15) is 0 Å². The summed E-state index contributed by atoms with van der Waals surface area (Å²) in [6.07, 6.45) is 3.97. The summed E-state index contributed by atoms with van der Waals surface area (Å²) >= 11 is 19.1. The number of sulfonamides is 1. The van der Waals surface area contributed by atoms with Gasteiger partial charge in [0.25, 0.3) is 10.0 Å². The van der Waals surface area contributed by atoms with Gasteiger partial charge in [-0.05, 0) is 67.3 Å². The molecule has 4 aromatic rings. The van der Waals surface area contributed by atoms with Crippen LogP contribution in [0.3, 0.4) is 0 Å². The second-order valence-electron chi connectivity index (χ2n) is 11.7. The van der Waals surface area contributed by atoms with Crippen LogP contribution in [0.4, 0.5) is 5.69 Å². The van der Waals surface area contributed by atoms with Crippen LogP contribution in [-0.2, 0) is 32.6 Å². The minimum Gasteiger partial charge on any atom is -0.352 e. The van der Waals surface area contributed by atoms with Gasteiger partial charge in [0.2, 0.25) is 11.8 Å². The third-order valence-electron chi connectivity index (χ3n) is 8.32. The minimum absolute atomic E-state index is 0.00393. The number of hydrogen-bond donors (Lipinski definition) is 1. The number of nitrogens with one attached hydrogen (secondary N) is 1. The van der Waals surface area contributed by atoms with Crippen molar-refractivity contribution in [2.24, 2.45) is 0 Å². The molecule has 0 spiro atoms. The highest BCUT2D eigenvalue weighted by molar-refractivity contribution is 7.92. The van der Waals surface area contributed by atoms with Gasteiger partial charge in [0.05, 0.1) is 25.7 Å². The molecular weight excluding hydrogens is 677 g/mol. The Morgan fingerprint density at radius 2 is 1.47 bits per heavy atom. The number of carbonyl (C=O) groups excluding carboxylic acids is 2. The highest BCUT2D eigenvalue weighted by Crippen LogP contribution is 2.31. The lowest BCUT2D eigenvalue weighted by Gasteiger charge is -2.34. The fraction of sp³-hybridized carbons (Fsp3) is 0.278. The predicted octanol–water partition coefficient (Wildman–Crippen LogP) is 7.85. The number of amides is 2. The fourth-order valence-electron chi connectivity index (χ4n) is 5.76. The van der Waals surface area contributed by atoms with Gasteiger partial charge in [-0.1, -0.05) is 114 Å². The van der Waals surface area contributed by atoms with Crippen LogP contribution in [0.2, 0.25) is 15.1 Å². The van der Waals surface area contributed by atoms with Gasteiger partial charge in [-0.15, -0.1) is 0 Å². The van der Waals surface area contributed by atoms with Crippen LogP contribution in [0.15, 0.2) is 102 Å². The molecule has 0 saturated heterocycles. The number of rotatable bonds is 12. The van der Waals surface area contributed by atoms with E-state index in [0.29, 0.717) is 15.6 Å². The third kappa shape index (κ3) is 8.68. The molecule has 0 aliphatic heterocycles.